The molecule has 1 aromatic rings. The maximum Gasteiger partial charge on any atom is 0.244 e. The predicted molar refractivity (Wildman–Crippen MR) is 67.7 cm³/mol. The third kappa shape index (κ3) is 2.99. The molecule has 6 nitrogen and oxygen atoms in total. The molecule has 19 heavy (non-hydrogen) atoms. The van der Waals surface area contributed by atoms with Crippen LogP contribution in [0.5, 0.6) is 0 Å². The van der Waals surface area contributed by atoms with Gasteiger partial charge in [0.15, 0.2) is 0 Å². The summed E-state index contributed by atoms with van der Waals surface area (Å²) in [5.41, 5.74) is 0.599. The van der Waals surface area contributed by atoms with E-state index in [9.17, 15) is 18.0 Å². The van der Waals surface area contributed by atoms with E-state index in [0.717, 1.165) is 0 Å². The third-order valence-electron chi connectivity index (χ3n) is 2.92. The molecule has 1 unspecified atom stereocenters. The van der Waals surface area contributed by atoms with Crippen molar-refractivity contribution >= 4 is 21.8 Å². The molecule has 2 N–H and O–H groups in total. The van der Waals surface area contributed by atoms with Crippen molar-refractivity contribution in [3.63, 3.8) is 0 Å². The number of carbonyl (C=O) groups excluding carboxylic acids is 2. The maximum absolute atomic E-state index is 12.2. The third-order valence-corrected chi connectivity index (χ3v) is 4.55. The number of aryl methyl sites for hydroxylation is 1. The van der Waals surface area contributed by atoms with Crippen LogP contribution < -0.4 is 10.0 Å². The normalized spacial score (nSPS) is 20.2. The molecule has 1 aliphatic rings. The Morgan fingerprint density at radius 1 is 1.26 bits per heavy atom. The molecular weight excluding hydrogens is 268 g/mol. The zero-order chi connectivity index (χ0) is 14.0. The minimum atomic E-state index is -3.76. The number of nitrogens with one attached hydrogen (secondary N) is 2. The van der Waals surface area contributed by atoms with Crippen molar-refractivity contribution < 1.29 is 18.0 Å². The lowest BCUT2D eigenvalue weighted by molar-refractivity contribution is -0.134. The fourth-order valence-corrected chi connectivity index (χ4v) is 3.39. The number of carbonyl (C=O) groups is 2. The molecule has 1 aliphatic heterocycles. The minimum absolute atomic E-state index is 0.132. The first-order valence-corrected chi connectivity index (χ1v) is 7.30. The van der Waals surface area contributed by atoms with Gasteiger partial charge in [0, 0.05) is 6.42 Å². The van der Waals surface area contributed by atoms with E-state index in [1.165, 1.54) is 6.07 Å². The quantitative estimate of drug-likeness (QED) is 0.768. The van der Waals surface area contributed by atoms with Crippen molar-refractivity contribution in [1.82, 2.24) is 10.0 Å². The largest absolute Gasteiger partial charge is 0.295 e. The summed E-state index contributed by atoms with van der Waals surface area (Å²) in [7, 11) is -3.76. The highest BCUT2D eigenvalue weighted by atomic mass is 32.2. The number of imide groups is 1. The van der Waals surface area contributed by atoms with Crippen LogP contribution in [0.1, 0.15) is 18.4 Å². The molecule has 0 spiro atoms. The topological polar surface area (TPSA) is 92.3 Å². The summed E-state index contributed by atoms with van der Waals surface area (Å²) >= 11 is 0. The molecule has 0 aromatic heterocycles. The highest BCUT2D eigenvalue weighted by Crippen LogP contribution is 2.16. The molecule has 0 bridgehead atoms. The molecule has 2 rings (SSSR count). The van der Waals surface area contributed by atoms with Crippen LogP contribution in [0.3, 0.4) is 0 Å². The van der Waals surface area contributed by atoms with Gasteiger partial charge in [0.05, 0.1) is 4.90 Å². The summed E-state index contributed by atoms with van der Waals surface area (Å²) in [6.07, 6.45) is 0.308. The average Bonchev–Trinajstić information content (AvgIpc) is 2.33. The first kappa shape index (κ1) is 13.7. The van der Waals surface area contributed by atoms with Crippen molar-refractivity contribution in [2.24, 2.45) is 0 Å². The second kappa shape index (κ2) is 5.10. The van der Waals surface area contributed by atoms with E-state index in [2.05, 4.69) is 10.0 Å². The molecule has 1 atom stereocenters. The van der Waals surface area contributed by atoms with Gasteiger partial charge in [-0.2, -0.15) is 4.72 Å². The van der Waals surface area contributed by atoms with Gasteiger partial charge in [-0.25, -0.2) is 8.42 Å². The Bertz CT molecular complexity index is 624. The van der Waals surface area contributed by atoms with E-state index in [-0.39, 0.29) is 23.6 Å². The Hall–Kier alpha value is -1.73. The Morgan fingerprint density at radius 3 is 2.58 bits per heavy atom. The van der Waals surface area contributed by atoms with Crippen molar-refractivity contribution in [3.8, 4) is 0 Å². The van der Waals surface area contributed by atoms with Crippen molar-refractivity contribution in [2.75, 3.05) is 0 Å². The van der Waals surface area contributed by atoms with Gasteiger partial charge in [-0.1, -0.05) is 18.2 Å². The van der Waals surface area contributed by atoms with Gasteiger partial charge in [0.1, 0.15) is 6.04 Å². The molecule has 1 heterocycles. The number of hydrogen-bond donors (Lipinski definition) is 2. The molecule has 1 fully saturated rings. The summed E-state index contributed by atoms with van der Waals surface area (Å²) in [4.78, 5) is 22.7. The highest BCUT2D eigenvalue weighted by molar-refractivity contribution is 7.89. The zero-order valence-electron chi connectivity index (χ0n) is 10.3. The maximum atomic E-state index is 12.2. The number of rotatable bonds is 3. The van der Waals surface area contributed by atoms with E-state index >= 15 is 0 Å². The summed E-state index contributed by atoms with van der Waals surface area (Å²) in [5, 5.41) is 2.11. The second-order valence-electron chi connectivity index (χ2n) is 4.39. The van der Waals surface area contributed by atoms with Gasteiger partial charge < -0.3 is 0 Å². The summed E-state index contributed by atoms with van der Waals surface area (Å²) in [6, 6.07) is 5.61. The minimum Gasteiger partial charge on any atom is -0.295 e. The van der Waals surface area contributed by atoms with Crippen LogP contribution in [0, 0.1) is 6.92 Å². The summed E-state index contributed by atoms with van der Waals surface area (Å²) < 4.78 is 26.7. The van der Waals surface area contributed by atoms with Gasteiger partial charge >= 0.3 is 0 Å². The summed E-state index contributed by atoms with van der Waals surface area (Å²) in [6.45, 7) is 1.68. The fourth-order valence-electron chi connectivity index (χ4n) is 1.91. The smallest absolute Gasteiger partial charge is 0.244 e. The molecule has 0 saturated carbocycles. The Kier molecular flexibility index (Phi) is 3.68. The Labute approximate surface area is 111 Å². The van der Waals surface area contributed by atoms with Crippen LogP contribution in [0.2, 0.25) is 0 Å². The van der Waals surface area contributed by atoms with Gasteiger partial charge in [-0.15, -0.1) is 0 Å². The van der Waals surface area contributed by atoms with Gasteiger partial charge in [-0.3, -0.25) is 14.9 Å². The van der Waals surface area contributed by atoms with Gasteiger partial charge in [-0.05, 0) is 25.0 Å². The summed E-state index contributed by atoms with van der Waals surface area (Å²) in [5.74, 6) is -0.982. The van der Waals surface area contributed by atoms with Crippen LogP contribution in [0.25, 0.3) is 0 Å². The standard InChI is InChI=1S/C12H14N2O4S/c1-8-4-2-3-5-10(8)19(17,18)14-9-6-7-11(15)13-12(9)16/h2-5,9,14H,6-7H2,1H3,(H,13,15,16). The first-order valence-electron chi connectivity index (χ1n) is 5.82. The van der Waals surface area contributed by atoms with Gasteiger partial charge in [0.2, 0.25) is 21.8 Å². The molecule has 1 saturated heterocycles. The molecule has 7 heteroatoms. The van der Waals surface area contributed by atoms with Crippen molar-refractivity contribution in [2.45, 2.75) is 30.7 Å². The van der Waals surface area contributed by atoms with E-state index in [4.69, 9.17) is 0 Å². The predicted octanol–water partition coefficient (Wildman–Crippen LogP) is 0.0785. The molecular formula is C12H14N2O4S. The van der Waals surface area contributed by atoms with Crippen LogP contribution in [-0.2, 0) is 19.6 Å². The van der Waals surface area contributed by atoms with Crippen LogP contribution >= 0.6 is 0 Å². The Morgan fingerprint density at radius 2 is 1.95 bits per heavy atom. The lowest BCUT2D eigenvalue weighted by atomic mass is 10.1. The number of hydrogen-bond acceptors (Lipinski definition) is 4. The molecule has 2 amide bonds. The first-order chi connectivity index (χ1) is 8.90. The Balaban J connectivity index is 2.21. The van der Waals surface area contributed by atoms with E-state index in [1.807, 2.05) is 0 Å². The fraction of sp³-hybridized carbons (Fsp3) is 0.333. The molecule has 0 aliphatic carbocycles. The van der Waals surface area contributed by atoms with E-state index in [1.54, 1.807) is 25.1 Å². The zero-order valence-corrected chi connectivity index (χ0v) is 11.2. The SMILES string of the molecule is Cc1ccccc1S(=O)(=O)NC1CCC(=O)NC1=O. The second-order valence-corrected chi connectivity index (χ2v) is 6.07. The van der Waals surface area contributed by atoms with Crippen molar-refractivity contribution in [1.29, 1.82) is 0 Å². The van der Waals surface area contributed by atoms with Crippen molar-refractivity contribution in [3.05, 3.63) is 29.8 Å². The number of benzene rings is 1. The lowest BCUT2D eigenvalue weighted by Crippen LogP contribution is -2.52. The average molecular weight is 282 g/mol. The van der Waals surface area contributed by atoms with Gasteiger partial charge in [0.25, 0.3) is 0 Å². The van der Waals surface area contributed by atoms with E-state index < -0.39 is 22.0 Å². The molecule has 102 valence electrons. The van der Waals surface area contributed by atoms with E-state index in [0.29, 0.717) is 5.56 Å². The number of amides is 2. The van der Waals surface area contributed by atoms with Crippen LogP contribution in [-0.4, -0.2) is 26.3 Å². The molecule has 0 radical (unpaired) electrons. The highest BCUT2D eigenvalue weighted by Gasteiger charge is 2.31. The number of piperidine rings is 1. The monoisotopic (exact) mass is 282 g/mol. The number of sulfonamides is 1. The van der Waals surface area contributed by atoms with Crippen LogP contribution in [0.15, 0.2) is 29.2 Å². The molecule has 1 aromatic carbocycles. The lowest BCUT2D eigenvalue weighted by Gasteiger charge is -2.22. The van der Waals surface area contributed by atoms with Crippen LogP contribution in [0.4, 0.5) is 0 Å².